The van der Waals surface area contributed by atoms with Crippen LogP contribution in [0.5, 0.6) is 5.75 Å². The number of urea groups is 1. The van der Waals surface area contributed by atoms with E-state index in [-0.39, 0.29) is 44.9 Å². The molecule has 0 radical (unpaired) electrons. The van der Waals surface area contributed by atoms with Crippen molar-refractivity contribution in [2.24, 2.45) is 0 Å². The van der Waals surface area contributed by atoms with Gasteiger partial charge in [0.2, 0.25) is 5.76 Å². The van der Waals surface area contributed by atoms with Crippen LogP contribution in [-0.2, 0) is 20.9 Å². The van der Waals surface area contributed by atoms with E-state index in [2.05, 4.69) is 21.2 Å². The van der Waals surface area contributed by atoms with E-state index < -0.39 is 43.1 Å². The Bertz CT molecular complexity index is 1220. The highest BCUT2D eigenvalue weighted by molar-refractivity contribution is 6.36. The van der Waals surface area contributed by atoms with Crippen molar-refractivity contribution < 1.29 is 37.1 Å². The van der Waals surface area contributed by atoms with Gasteiger partial charge in [-0.25, -0.2) is 23.0 Å². The highest BCUT2D eigenvalue weighted by atomic mass is 35.5. The molecule has 0 aliphatic carbocycles. The van der Waals surface area contributed by atoms with Gasteiger partial charge in [-0.3, -0.25) is 15.2 Å². The van der Waals surface area contributed by atoms with Gasteiger partial charge in [0.25, 0.3) is 6.43 Å². The quantitative estimate of drug-likeness (QED) is 0.383. The Morgan fingerprint density at radius 1 is 1.26 bits per heavy atom. The third-order valence-electron chi connectivity index (χ3n) is 5.02. The van der Waals surface area contributed by atoms with Crippen molar-refractivity contribution in [3.8, 4) is 16.9 Å². The van der Waals surface area contributed by atoms with Crippen molar-refractivity contribution in [2.45, 2.75) is 39.1 Å². The molecule has 1 aromatic carbocycles. The number of rotatable bonds is 9. The maximum absolute atomic E-state index is 14.9. The number of hydroxylamine groups is 1. The molecule has 1 atom stereocenters. The first-order valence-corrected chi connectivity index (χ1v) is 11.9. The van der Waals surface area contributed by atoms with Crippen molar-refractivity contribution >= 4 is 35.1 Å². The fraction of sp³-hybridized carbons (Fsp3) is 0.348. The van der Waals surface area contributed by atoms with Crippen molar-refractivity contribution in [1.82, 2.24) is 26.2 Å². The molecular formula is C23H24Cl2F3N5O5. The minimum absolute atomic E-state index is 0.0342. The third-order valence-corrected chi connectivity index (χ3v) is 5.52. The van der Waals surface area contributed by atoms with Crippen LogP contribution in [0.4, 0.5) is 18.0 Å². The third kappa shape index (κ3) is 7.40. The molecule has 0 fully saturated rings. The van der Waals surface area contributed by atoms with Crippen LogP contribution in [0.15, 0.2) is 36.2 Å². The second-order valence-corrected chi connectivity index (χ2v) is 8.93. The summed E-state index contributed by atoms with van der Waals surface area (Å²) in [5.41, 5.74) is 5.06. The molecule has 0 bridgehead atoms. The van der Waals surface area contributed by atoms with Crippen LogP contribution in [0.3, 0.4) is 0 Å². The monoisotopic (exact) mass is 577 g/mol. The fourth-order valence-corrected chi connectivity index (χ4v) is 3.75. The lowest BCUT2D eigenvalue weighted by Gasteiger charge is -2.27. The topological polar surface area (TPSA) is 114 Å². The van der Waals surface area contributed by atoms with E-state index in [9.17, 15) is 22.8 Å². The van der Waals surface area contributed by atoms with Crippen LogP contribution in [0, 0.1) is 5.82 Å². The summed E-state index contributed by atoms with van der Waals surface area (Å²) in [7, 11) is 1.41. The largest absolute Gasteiger partial charge is 0.485 e. The number of nitrogens with one attached hydrogen (secondary N) is 3. The zero-order chi connectivity index (χ0) is 28.0. The van der Waals surface area contributed by atoms with Gasteiger partial charge < -0.3 is 19.6 Å². The van der Waals surface area contributed by atoms with E-state index >= 15 is 0 Å². The molecule has 1 aliphatic heterocycles. The Balaban J connectivity index is 1.71. The number of carbonyl (C=O) groups is 2. The summed E-state index contributed by atoms with van der Waals surface area (Å²) in [5.74, 6) is -1.72. The number of alkyl halides is 2. The maximum Gasteiger partial charge on any atom is 0.336 e. The summed E-state index contributed by atoms with van der Waals surface area (Å²) in [6.07, 6.45) is -0.743. The van der Waals surface area contributed by atoms with Gasteiger partial charge in [-0.1, -0.05) is 23.2 Å². The molecule has 15 heteroatoms. The molecule has 2 heterocycles. The van der Waals surface area contributed by atoms with Crippen molar-refractivity contribution in [3.05, 3.63) is 57.8 Å². The van der Waals surface area contributed by atoms with Gasteiger partial charge in [-0.2, -0.15) is 0 Å². The van der Waals surface area contributed by atoms with Crippen molar-refractivity contribution in [2.75, 3.05) is 13.7 Å². The van der Waals surface area contributed by atoms with Gasteiger partial charge in [-0.15, -0.1) is 5.48 Å². The standard InChI is InChI=1S/C23H24Cl2F3N5O5/c1-11(2)33(31-22(34)18-7-20(36-3)32-38-18)23(35)30-9-17-16(26)4-12(8-29-17)14-5-13(24)6-15(25)21(14)37-10-19(27)28/h4-8,11,19-20,32H,9-10H2,1-3H3,(H,30,35)(H,31,34). The van der Waals surface area contributed by atoms with E-state index in [0.717, 1.165) is 11.1 Å². The number of pyridine rings is 1. The summed E-state index contributed by atoms with van der Waals surface area (Å²) in [5, 5.41) is 3.62. The number of hydrogen-bond donors (Lipinski definition) is 3. The Hall–Kier alpha value is -3.26. The summed E-state index contributed by atoms with van der Waals surface area (Å²) in [6.45, 7) is 2.04. The van der Waals surface area contributed by atoms with E-state index in [4.69, 9.17) is 37.5 Å². The van der Waals surface area contributed by atoms with E-state index in [0.29, 0.717) is 0 Å². The average Bonchev–Trinajstić information content (AvgIpc) is 3.34. The molecular weight excluding hydrogens is 554 g/mol. The van der Waals surface area contributed by atoms with Gasteiger partial charge in [0.1, 0.15) is 18.2 Å². The molecule has 3 rings (SSSR count). The number of ether oxygens (including phenoxy) is 2. The van der Waals surface area contributed by atoms with Crippen LogP contribution >= 0.6 is 23.2 Å². The minimum atomic E-state index is -2.76. The molecule has 1 aliphatic rings. The highest BCUT2D eigenvalue weighted by Crippen LogP contribution is 2.39. The number of halogens is 5. The van der Waals surface area contributed by atoms with Crippen LogP contribution in [-0.4, -0.2) is 54.3 Å². The van der Waals surface area contributed by atoms with Crippen molar-refractivity contribution in [3.63, 3.8) is 0 Å². The number of carbonyl (C=O) groups excluding carboxylic acids is 2. The number of hydrogen-bond acceptors (Lipinski definition) is 7. The lowest BCUT2D eigenvalue weighted by atomic mass is 10.1. The molecule has 0 saturated heterocycles. The normalized spacial score (nSPS) is 14.8. The minimum Gasteiger partial charge on any atom is -0.485 e. The molecule has 1 unspecified atom stereocenters. The lowest BCUT2D eigenvalue weighted by Crippen LogP contribution is -2.54. The van der Waals surface area contributed by atoms with E-state index in [1.54, 1.807) is 13.8 Å². The fourth-order valence-electron chi connectivity index (χ4n) is 3.20. The first-order chi connectivity index (χ1) is 18.0. The predicted molar refractivity (Wildman–Crippen MR) is 132 cm³/mol. The molecule has 38 heavy (non-hydrogen) atoms. The molecule has 1 aromatic heterocycles. The summed E-state index contributed by atoms with van der Waals surface area (Å²) in [4.78, 5) is 34.2. The average molecular weight is 578 g/mol. The number of nitrogens with zero attached hydrogens (tertiary/aromatic N) is 2. The second kappa shape index (κ2) is 13.0. The molecule has 3 N–H and O–H groups in total. The SMILES string of the molecule is COC1C=C(C(=O)NN(C(=O)NCc2ncc(-c3cc(Cl)cc(Cl)c3OCC(F)F)cc2F)C(C)C)ON1. The molecule has 3 amide bonds. The van der Waals surface area contributed by atoms with Crippen molar-refractivity contribution in [1.29, 1.82) is 0 Å². The number of amides is 3. The van der Waals surface area contributed by atoms with Gasteiger partial charge in [0.05, 0.1) is 17.3 Å². The van der Waals surface area contributed by atoms with E-state index in [1.807, 2.05) is 0 Å². The lowest BCUT2D eigenvalue weighted by molar-refractivity contribution is -0.126. The van der Waals surface area contributed by atoms with Crippen LogP contribution in [0.1, 0.15) is 19.5 Å². The van der Waals surface area contributed by atoms with Crippen LogP contribution < -0.4 is 21.0 Å². The Morgan fingerprint density at radius 2 is 2.00 bits per heavy atom. The first kappa shape index (κ1) is 29.3. The highest BCUT2D eigenvalue weighted by Gasteiger charge is 2.27. The molecule has 10 nitrogen and oxygen atoms in total. The summed E-state index contributed by atoms with van der Waals surface area (Å²) in [6, 6.07) is 2.55. The number of aromatic nitrogens is 1. The zero-order valence-electron chi connectivity index (χ0n) is 20.4. The van der Waals surface area contributed by atoms with Crippen LogP contribution in [0.25, 0.3) is 11.1 Å². The molecule has 0 saturated carbocycles. The Labute approximate surface area is 225 Å². The number of methoxy groups -OCH3 is 1. The zero-order valence-corrected chi connectivity index (χ0v) is 21.9. The summed E-state index contributed by atoms with van der Waals surface area (Å²) >= 11 is 12.1. The molecule has 0 spiro atoms. The maximum atomic E-state index is 14.9. The van der Waals surface area contributed by atoms with E-state index in [1.165, 1.54) is 31.5 Å². The van der Waals surface area contributed by atoms with Crippen LogP contribution in [0.2, 0.25) is 10.0 Å². The second-order valence-electron chi connectivity index (χ2n) is 8.09. The van der Waals surface area contributed by atoms with Gasteiger partial charge >= 0.3 is 11.9 Å². The molecule has 2 aromatic rings. The van der Waals surface area contributed by atoms with Gasteiger partial charge in [0.15, 0.2) is 6.23 Å². The Kier molecular flexibility index (Phi) is 10.0. The molecule has 206 valence electrons. The summed E-state index contributed by atoms with van der Waals surface area (Å²) < 4.78 is 50.4. The van der Waals surface area contributed by atoms with Gasteiger partial charge in [0, 0.05) is 41.6 Å². The van der Waals surface area contributed by atoms with Gasteiger partial charge in [-0.05, 0) is 32.0 Å². The predicted octanol–water partition coefficient (Wildman–Crippen LogP) is 4.18. The smallest absolute Gasteiger partial charge is 0.336 e. The Morgan fingerprint density at radius 3 is 2.61 bits per heavy atom. The number of benzene rings is 1. The number of hydrazine groups is 1. The first-order valence-electron chi connectivity index (χ1n) is 11.1.